The highest BCUT2D eigenvalue weighted by Gasteiger charge is 2.47. The van der Waals surface area contributed by atoms with E-state index in [9.17, 15) is 39.0 Å². The number of carbonyl (C=O) groups excluding carboxylic acids is 4. The number of allylic oxidation sites excluding steroid dienone is 1. The van der Waals surface area contributed by atoms with E-state index in [0.717, 1.165) is 31.4 Å². The molecule has 2 atom stereocenters. The van der Waals surface area contributed by atoms with Gasteiger partial charge < -0.3 is 15.1 Å². The molecule has 2 unspecified atom stereocenters. The van der Waals surface area contributed by atoms with E-state index in [1.807, 2.05) is 0 Å². The SMILES string of the molecule is CN(C(=O)/C=C\C=O)C(C(=O)O)C(C(=O)O)N1C(=O)C=CC1=O. The third kappa shape index (κ3) is 3.67. The number of nitrogens with zero attached hydrogens (tertiary/aromatic N) is 2. The molecule has 1 rings (SSSR count). The molecule has 10 nitrogen and oxygen atoms in total. The average molecular weight is 324 g/mol. The fourth-order valence-electron chi connectivity index (χ4n) is 1.96. The molecule has 0 aromatic rings. The Bertz CT molecular complexity index is 618. The zero-order valence-electron chi connectivity index (χ0n) is 11.8. The number of imide groups is 1. The maximum Gasteiger partial charge on any atom is 0.329 e. The predicted octanol–water partition coefficient (Wildman–Crippen LogP) is -1.97. The molecule has 2 N–H and O–H groups in total. The largest absolute Gasteiger partial charge is 0.480 e. The summed E-state index contributed by atoms with van der Waals surface area (Å²) in [5.41, 5.74) is 0. The van der Waals surface area contributed by atoms with Crippen LogP contribution < -0.4 is 0 Å². The van der Waals surface area contributed by atoms with E-state index < -0.39 is 41.7 Å². The van der Waals surface area contributed by atoms with Crippen molar-refractivity contribution >= 4 is 35.9 Å². The molecular formula is C13H12N2O8. The average Bonchev–Trinajstić information content (AvgIpc) is 2.80. The zero-order chi connectivity index (χ0) is 17.7. The van der Waals surface area contributed by atoms with Crippen LogP contribution in [0.25, 0.3) is 0 Å². The number of hydrogen-bond acceptors (Lipinski definition) is 6. The van der Waals surface area contributed by atoms with Crippen LogP contribution in [0.4, 0.5) is 0 Å². The molecule has 122 valence electrons. The molecule has 0 fully saturated rings. The third-order valence-corrected chi connectivity index (χ3v) is 3.01. The van der Waals surface area contributed by atoms with Gasteiger partial charge in [-0.25, -0.2) is 9.59 Å². The first-order chi connectivity index (χ1) is 10.7. The van der Waals surface area contributed by atoms with Gasteiger partial charge in [-0.2, -0.15) is 0 Å². The van der Waals surface area contributed by atoms with E-state index in [2.05, 4.69) is 0 Å². The monoisotopic (exact) mass is 324 g/mol. The van der Waals surface area contributed by atoms with Crippen molar-refractivity contribution < 1.29 is 39.0 Å². The second kappa shape index (κ2) is 7.11. The van der Waals surface area contributed by atoms with Crippen molar-refractivity contribution in [3.8, 4) is 0 Å². The van der Waals surface area contributed by atoms with Gasteiger partial charge in [0.1, 0.15) is 6.29 Å². The van der Waals surface area contributed by atoms with E-state index in [4.69, 9.17) is 0 Å². The zero-order valence-corrected chi connectivity index (χ0v) is 11.8. The van der Waals surface area contributed by atoms with Crippen LogP contribution in [-0.2, 0) is 28.8 Å². The van der Waals surface area contributed by atoms with Gasteiger partial charge in [0.15, 0.2) is 12.1 Å². The van der Waals surface area contributed by atoms with E-state index in [0.29, 0.717) is 4.90 Å². The lowest BCUT2D eigenvalue weighted by atomic mass is 10.0. The number of carbonyl (C=O) groups is 6. The van der Waals surface area contributed by atoms with Crippen LogP contribution in [0.2, 0.25) is 0 Å². The van der Waals surface area contributed by atoms with Crippen LogP contribution in [0.5, 0.6) is 0 Å². The number of carboxylic acids is 2. The number of aldehydes is 1. The molecule has 1 aliphatic heterocycles. The summed E-state index contributed by atoms with van der Waals surface area (Å²) in [6, 6.07) is -4.16. The second-order valence-electron chi connectivity index (χ2n) is 4.39. The van der Waals surface area contributed by atoms with Crippen molar-refractivity contribution in [3.05, 3.63) is 24.3 Å². The van der Waals surface area contributed by atoms with E-state index in [1.165, 1.54) is 0 Å². The van der Waals surface area contributed by atoms with Crippen LogP contribution >= 0.6 is 0 Å². The highest BCUT2D eigenvalue weighted by atomic mass is 16.4. The standard InChI is InChI=1S/C13H12N2O8/c1-14(7(17)3-2-6-16)10(12(20)21)11(13(22)23)15-8(18)4-5-9(15)19/h2-6,10-11H,1H3,(H,20,21)(H,22,23)/b3-2-. The van der Waals surface area contributed by atoms with Gasteiger partial charge in [-0.05, 0) is 6.08 Å². The summed E-state index contributed by atoms with van der Waals surface area (Å²) in [4.78, 5) is 68.8. The summed E-state index contributed by atoms with van der Waals surface area (Å²) >= 11 is 0. The highest BCUT2D eigenvalue weighted by molar-refractivity contribution is 6.15. The predicted molar refractivity (Wildman–Crippen MR) is 71.8 cm³/mol. The summed E-state index contributed by atoms with van der Waals surface area (Å²) in [5, 5.41) is 18.5. The van der Waals surface area contributed by atoms with Crippen molar-refractivity contribution in [2.45, 2.75) is 12.1 Å². The van der Waals surface area contributed by atoms with Crippen molar-refractivity contribution in [2.75, 3.05) is 7.05 Å². The number of rotatable bonds is 7. The minimum atomic E-state index is -2.12. The molecular weight excluding hydrogens is 312 g/mol. The number of amides is 3. The fourth-order valence-corrected chi connectivity index (χ4v) is 1.96. The van der Waals surface area contributed by atoms with Crippen molar-refractivity contribution in [3.63, 3.8) is 0 Å². The van der Waals surface area contributed by atoms with Gasteiger partial charge in [0.25, 0.3) is 11.8 Å². The number of likely N-dealkylation sites (N-methyl/N-ethyl adjacent to an activating group) is 1. The van der Waals surface area contributed by atoms with Crippen molar-refractivity contribution in [1.82, 2.24) is 9.80 Å². The molecule has 10 heteroatoms. The Morgan fingerprint density at radius 2 is 1.65 bits per heavy atom. The maximum atomic E-state index is 11.8. The Labute approximate surface area is 129 Å². The quantitative estimate of drug-likeness (QED) is 0.311. The topological polar surface area (TPSA) is 149 Å². The molecule has 3 amide bonds. The van der Waals surface area contributed by atoms with Crippen LogP contribution in [0, 0.1) is 0 Å². The molecule has 0 aromatic heterocycles. The summed E-state index contributed by atoms with van der Waals surface area (Å²) in [5.74, 6) is -6.50. The Morgan fingerprint density at radius 1 is 1.13 bits per heavy atom. The Balaban J connectivity index is 3.25. The summed E-state index contributed by atoms with van der Waals surface area (Å²) in [6.45, 7) is 0. The van der Waals surface area contributed by atoms with E-state index in [-0.39, 0.29) is 11.2 Å². The van der Waals surface area contributed by atoms with Crippen LogP contribution in [0.15, 0.2) is 24.3 Å². The van der Waals surface area contributed by atoms with Crippen LogP contribution in [-0.4, -0.2) is 75.1 Å². The lowest BCUT2D eigenvalue weighted by Crippen LogP contribution is -2.60. The summed E-state index contributed by atoms with van der Waals surface area (Å²) < 4.78 is 0. The van der Waals surface area contributed by atoms with E-state index in [1.54, 1.807) is 0 Å². The molecule has 23 heavy (non-hydrogen) atoms. The second-order valence-corrected chi connectivity index (χ2v) is 4.39. The van der Waals surface area contributed by atoms with Crippen LogP contribution in [0.3, 0.4) is 0 Å². The molecule has 0 saturated heterocycles. The smallest absolute Gasteiger partial charge is 0.329 e. The van der Waals surface area contributed by atoms with E-state index >= 15 is 0 Å². The number of carboxylic acid groups (broad SMARTS) is 2. The highest BCUT2D eigenvalue weighted by Crippen LogP contribution is 2.17. The van der Waals surface area contributed by atoms with Gasteiger partial charge in [-0.15, -0.1) is 0 Å². The Hall–Kier alpha value is -3.30. The summed E-state index contributed by atoms with van der Waals surface area (Å²) in [6.07, 6.45) is 3.39. The molecule has 0 aliphatic carbocycles. The van der Waals surface area contributed by atoms with Gasteiger partial charge >= 0.3 is 11.9 Å². The fraction of sp³-hybridized carbons (Fsp3) is 0.231. The first-order valence-corrected chi connectivity index (χ1v) is 6.11. The number of hydrogen-bond donors (Lipinski definition) is 2. The van der Waals surface area contributed by atoms with Gasteiger partial charge in [-0.1, -0.05) is 0 Å². The normalized spacial score (nSPS) is 16.5. The molecule has 1 aliphatic rings. The molecule has 0 aromatic carbocycles. The van der Waals surface area contributed by atoms with Gasteiger partial charge in [0.2, 0.25) is 5.91 Å². The minimum absolute atomic E-state index is 0.244. The molecule has 0 bridgehead atoms. The van der Waals surface area contributed by atoms with Crippen molar-refractivity contribution in [2.24, 2.45) is 0 Å². The first-order valence-electron chi connectivity index (χ1n) is 6.11. The van der Waals surface area contributed by atoms with Gasteiger partial charge in [0.05, 0.1) is 0 Å². The third-order valence-electron chi connectivity index (χ3n) is 3.01. The first kappa shape index (κ1) is 17.8. The number of aliphatic carboxylic acids is 2. The van der Waals surface area contributed by atoms with Crippen LogP contribution in [0.1, 0.15) is 0 Å². The molecule has 0 spiro atoms. The molecule has 1 heterocycles. The Kier molecular flexibility index (Phi) is 5.49. The molecule has 0 radical (unpaired) electrons. The lowest BCUT2D eigenvalue weighted by Gasteiger charge is -2.32. The maximum absolute atomic E-state index is 11.8. The molecule has 0 saturated carbocycles. The Morgan fingerprint density at radius 3 is 2.04 bits per heavy atom. The van der Waals surface area contributed by atoms with Crippen molar-refractivity contribution in [1.29, 1.82) is 0 Å². The van der Waals surface area contributed by atoms with Gasteiger partial charge in [-0.3, -0.25) is 24.1 Å². The minimum Gasteiger partial charge on any atom is -0.480 e. The summed E-state index contributed by atoms with van der Waals surface area (Å²) in [7, 11) is 0.977. The lowest BCUT2D eigenvalue weighted by molar-refractivity contribution is -0.164. The van der Waals surface area contributed by atoms with Gasteiger partial charge in [0, 0.05) is 25.3 Å².